The molecule has 1 aliphatic heterocycles. The van der Waals surface area contributed by atoms with Crippen molar-refractivity contribution in [1.82, 2.24) is 15.5 Å². The van der Waals surface area contributed by atoms with Gasteiger partial charge in [-0.15, -0.1) is 0 Å². The monoisotopic (exact) mass is 299 g/mol. The maximum atomic E-state index is 12.0. The van der Waals surface area contributed by atoms with Crippen LogP contribution < -0.4 is 10.6 Å². The van der Waals surface area contributed by atoms with Gasteiger partial charge in [-0.1, -0.05) is 0 Å². The summed E-state index contributed by atoms with van der Waals surface area (Å²) in [6, 6.07) is -1.17. The van der Waals surface area contributed by atoms with E-state index < -0.39 is 18.0 Å². The fourth-order valence-corrected chi connectivity index (χ4v) is 2.30. The van der Waals surface area contributed by atoms with E-state index in [0.717, 1.165) is 12.8 Å². The zero-order chi connectivity index (χ0) is 16.0. The number of carbonyl (C=O) groups is 3. The number of likely N-dealkylation sites (tertiary alicyclic amines) is 1. The molecule has 7 heteroatoms. The second-order valence-electron chi connectivity index (χ2n) is 6.32. The summed E-state index contributed by atoms with van der Waals surface area (Å²) in [4.78, 5) is 36.1. The van der Waals surface area contributed by atoms with Crippen molar-refractivity contribution in [3.05, 3.63) is 0 Å². The van der Waals surface area contributed by atoms with Crippen molar-refractivity contribution in [2.24, 2.45) is 0 Å². The van der Waals surface area contributed by atoms with Gasteiger partial charge in [-0.2, -0.15) is 0 Å². The smallest absolute Gasteiger partial charge is 0.326 e. The Morgan fingerprint density at radius 1 is 1.24 bits per heavy atom. The first-order chi connectivity index (χ1) is 9.70. The van der Waals surface area contributed by atoms with Crippen LogP contribution in [0.1, 0.15) is 46.5 Å². The molecule has 1 saturated heterocycles. The zero-order valence-corrected chi connectivity index (χ0v) is 12.9. The number of urea groups is 1. The first-order valence-electron chi connectivity index (χ1n) is 7.29. The summed E-state index contributed by atoms with van der Waals surface area (Å²) in [5.41, 5.74) is -0.303. The van der Waals surface area contributed by atoms with E-state index in [-0.39, 0.29) is 24.4 Å². The van der Waals surface area contributed by atoms with Crippen molar-refractivity contribution in [3.63, 3.8) is 0 Å². The molecule has 3 amide bonds. The number of hydrogen-bond acceptors (Lipinski definition) is 3. The Labute approximate surface area is 125 Å². The fourth-order valence-electron chi connectivity index (χ4n) is 2.30. The maximum absolute atomic E-state index is 12.0. The molecule has 0 radical (unpaired) electrons. The maximum Gasteiger partial charge on any atom is 0.326 e. The lowest BCUT2D eigenvalue weighted by Gasteiger charge is -2.32. The number of nitrogens with zero attached hydrogens (tertiary/aromatic N) is 1. The number of carboxylic acids is 1. The van der Waals surface area contributed by atoms with Crippen molar-refractivity contribution in [2.75, 3.05) is 13.1 Å². The van der Waals surface area contributed by atoms with Crippen molar-refractivity contribution < 1.29 is 19.5 Å². The quantitative estimate of drug-likeness (QED) is 0.719. The summed E-state index contributed by atoms with van der Waals surface area (Å²) in [5.74, 6) is -1.12. The van der Waals surface area contributed by atoms with Crippen LogP contribution in [0.15, 0.2) is 0 Å². The molecule has 1 rings (SSSR count). The molecular weight excluding hydrogens is 274 g/mol. The molecule has 0 aromatic rings. The average molecular weight is 299 g/mol. The largest absolute Gasteiger partial charge is 0.480 e. The lowest BCUT2D eigenvalue weighted by molar-refractivity contribution is -0.143. The standard InChI is InChI=1S/C14H25N3O4/c1-14(2,3)16-11(18)7-8-15-13(21)17-9-5-4-6-10(17)12(19)20/h10H,4-9H2,1-3H3,(H,15,21)(H,16,18)(H,19,20). The van der Waals surface area contributed by atoms with Crippen LogP contribution in [-0.4, -0.2) is 52.6 Å². The predicted molar refractivity (Wildman–Crippen MR) is 77.9 cm³/mol. The first kappa shape index (κ1) is 17.3. The van der Waals surface area contributed by atoms with Crippen LogP contribution in [-0.2, 0) is 9.59 Å². The summed E-state index contributed by atoms with van der Waals surface area (Å²) in [6.07, 6.45) is 2.28. The van der Waals surface area contributed by atoms with Crippen LogP contribution in [0.2, 0.25) is 0 Å². The van der Waals surface area contributed by atoms with Crippen LogP contribution in [0.3, 0.4) is 0 Å². The topological polar surface area (TPSA) is 98.7 Å². The lowest BCUT2D eigenvalue weighted by atomic mass is 10.0. The molecule has 3 N–H and O–H groups in total. The van der Waals surface area contributed by atoms with Crippen molar-refractivity contribution >= 4 is 17.9 Å². The molecule has 0 bridgehead atoms. The lowest BCUT2D eigenvalue weighted by Crippen LogP contribution is -2.52. The number of nitrogens with one attached hydrogen (secondary N) is 2. The van der Waals surface area contributed by atoms with Gasteiger partial charge in [-0.3, -0.25) is 4.79 Å². The molecule has 7 nitrogen and oxygen atoms in total. The van der Waals surface area contributed by atoms with E-state index in [1.165, 1.54) is 4.90 Å². The highest BCUT2D eigenvalue weighted by Crippen LogP contribution is 2.17. The van der Waals surface area contributed by atoms with Gasteiger partial charge in [-0.25, -0.2) is 9.59 Å². The van der Waals surface area contributed by atoms with Crippen LogP contribution in [0, 0.1) is 0 Å². The second kappa shape index (κ2) is 7.28. The number of aliphatic carboxylic acids is 1. The molecule has 1 fully saturated rings. The second-order valence-corrected chi connectivity index (χ2v) is 6.32. The van der Waals surface area contributed by atoms with E-state index >= 15 is 0 Å². The minimum Gasteiger partial charge on any atom is -0.480 e. The van der Waals surface area contributed by atoms with Gasteiger partial charge < -0.3 is 20.6 Å². The molecule has 1 heterocycles. The Morgan fingerprint density at radius 3 is 2.48 bits per heavy atom. The molecule has 0 aromatic heterocycles. The van der Waals surface area contributed by atoms with Gasteiger partial charge in [0.1, 0.15) is 6.04 Å². The minimum atomic E-state index is -0.977. The highest BCUT2D eigenvalue weighted by molar-refractivity contribution is 5.83. The third-order valence-corrected chi connectivity index (χ3v) is 3.19. The summed E-state index contributed by atoms with van der Waals surface area (Å²) in [5, 5.41) is 14.5. The summed E-state index contributed by atoms with van der Waals surface area (Å²) < 4.78 is 0. The molecule has 0 aromatic carbocycles. The molecule has 0 spiro atoms. The van der Waals surface area contributed by atoms with E-state index in [4.69, 9.17) is 5.11 Å². The van der Waals surface area contributed by atoms with Gasteiger partial charge in [0.15, 0.2) is 0 Å². The van der Waals surface area contributed by atoms with Gasteiger partial charge in [-0.05, 0) is 40.0 Å². The van der Waals surface area contributed by atoms with Crippen molar-refractivity contribution in [2.45, 2.75) is 58.0 Å². The summed E-state index contributed by atoms with van der Waals surface area (Å²) in [6.45, 7) is 6.29. The molecule has 0 aliphatic carbocycles. The average Bonchev–Trinajstić information content (AvgIpc) is 2.36. The molecule has 1 unspecified atom stereocenters. The minimum absolute atomic E-state index is 0.142. The Hall–Kier alpha value is -1.79. The molecule has 1 aliphatic rings. The van der Waals surface area contributed by atoms with E-state index in [2.05, 4.69) is 10.6 Å². The first-order valence-corrected chi connectivity index (χ1v) is 7.29. The third kappa shape index (κ3) is 6.01. The number of rotatable bonds is 4. The van der Waals surface area contributed by atoms with Gasteiger partial charge >= 0.3 is 12.0 Å². The van der Waals surface area contributed by atoms with E-state index in [1.54, 1.807) is 0 Å². The number of amides is 3. The normalized spacial score (nSPS) is 19.0. The van der Waals surface area contributed by atoms with E-state index in [0.29, 0.717) is 13.0 Å². The number of carboxylic acid groups (broad SMARTS) is 1. The molecular formula is C14H25N3O4. The third-order valence-electron chi connectivity index (χ3n) is 3.19. The number of hydrogen-bond donors (Lipinski definition) is 3. The SMILES string of the molecule is CC(C)(C)NC(=O)CCNC(=O)N1CCCCC1C(=O)O. The Morgan fingerprint density at radius 2 is 1.90 bits per heavy atom. The van der Waals surface area contributed by atoms with Crippen LogP contribution in [0.25, 0.3) is 0 Å². The molecule has 120 valence electrons. The number of carbonyl (C=O) groups excluding carboxylic acids is 2. The predicted octanol–water partition coefficient (Wildman–Crippen LogP) is 0.940. The summed E-state index contributed by atoms with van der Waals surface area (Å²) >= 11 is 0. The van der Waals surface area contributed by atoms with Crippen LogP contribution in [0.4, 0.5) is 4.79 Å². The van der Waals surface area contributed by atoms with Crippen molar-refractivity contribution in [3.8, 4) is 0 Å². The zero-order valence-electron chi connectivity index (χ0n) is 12.9. The Bertz CT molecular complexity index is 404. The Balaban J connectivity index is 2.39. The van der Waals surface area contributed by atoms with Gasteiger partial charge in [0.05, 0.1) is 0 Å². The highest BCUT2D eigenvalue weighted by atomic mass is 16.4. The Kier molecular flexibility index (Phi) is 5.99. The molecule has 0 saturated carbocycles. The van der Waals surface area contributed by atoms with Crippen molar-refractivity contribution in [1.29, 1.82) is 0 Å². The molecule has 21 heavy (non-hydrogen) atoms. The van der Waals surface area contributed by atoms with Crippen LogP contribution in [0.5, 0.6) is 0 Å². The summed E-state index contributed by atoms with van der Waals surface area (Å²) in [7, 11) is 0. The van der Waals surface area contributed by atoms with Gasteiger partial charge in [0, 0.05) is 25.0 Å². The number of piperidine rings is 1. The highest BCUT2D eigenvalue weighted by Gasteiger charge is 2.31. The van der Waals surface area contributed by atoms with Gasteiger partial charge in [0.25, 0.3) is 0 Å². The van der Waals surface area contributed by atoms with E-state index in [1.807, 2.05) is 20.8 Å². The fraction of sp³-hybridized carbons (Fsp3) is 0.786. The van der Waals surface area contributed by atoms with Crippen LogP contribution >= 0.6 is 0 Å². The molecule has 1 atom stereocenters. The van der Waals surface area contributed by atoms with Gasteiger partial charge in [0.2, 0.25) is 5.91 Å². The van der Waals surface area contributed by atoms with E-state index in [9.17, 15) is 14.4 Å².